The van der Waals surface area contributed by atoms with Crippen molar-refractivity contribution in [1.29, 1.82) is 0 Å². The number of carbonyl (C=O) groups is 1. The number of aliphatic hydroxyl groups excluding tert-OH is 1. The Balaban J connectivity index is 1.73. The molecule has 0 aliphatic carbocycles. The summed E-state index contributed by atoms with van der Waals surface area (Å²) in [5.74, 6) is -0.910. The minimum atomic E-state index is -5.29. The second kappa shape index (κ2) is 15.0. The number of ether oxygens (including phenoxy) is 2. The van der Waals surface area contributed by atoms with Crippen molar-refractivity contribution in [2.45, 2.75) is 64.3 Å². The first kappa shape index (κ1) is 35.8. The third-order valence-corrected chi connectivity index (χ3v) is 9.45. The Labute approximate surface area is 257 Å². The van der Waals surface area contributed by atoms with Gasteiger partial charge in [0.1, 0.15) is 35.7 Å². The van der Waals surface area contributed by atoms with E-state index in [1.165, 1.54) is 49.0 Å². The van der Waals surface area contributed by atoms with Gasteiger partial charge in [0.2, 0.25) is 5.28 Å². The minimum absolute atomic E-state index is 0.0296. The van der Waals surface area contributed by atoms with Crippen LogP contribution in [0.15, 0.2) is 36.7 Å². The maximum atomic E-state index is 15.5. The number of nitrogens with one attached hydrogen (secondary N) is 1. The van der Waals surface area contributed by atoms with Crippen molar-refractivity contribution >= 4 is 50.1 Å². The smallest absolute Gasteiger partial charge is 0.462 e. The zero-order chi connectivity index (χ0) is 32.8. The van der Waals surface area contributed by atoms with Gasteiger partial charge in [-0.3, -0.25) is 9.32 Å². The van der Waals surface area contributed by atoms with Gasteiger partial charge in [-0.25, -0.2) is 18.5 Å². The number of nitrogens with two attached hydrogens (primary N) is 1. The summed E-state index contributed by atoms with van der Waals surface area (Å²) in [6.07, 6.45) is -4.81. The van der Waals surface area contributed by atoms with E-state index in [2.05, 4.69) is 20.0 Å². The zero-order valence-electron chi connectivity index (χ0n) is 24.3. The lowest BCUT2D eigenvalue weighted by Crippen LogP contribution is -2.42. The van der Waals surface area contributed by atoms with Crippen LogP contribution in [0.4, 0.5) is 10.2 Å². The number of anilines is 1. The van der Waals surface area contributed by atoms with E-state index >= 15 is 4.39 Å². The second-order valence-electron chi connectivity index (χ2n) is 9.74. The summed E-state index contributed by atoms with van der Waals surface area (Å²) in [4.78, 5) is 34.6. The van der Waals surface area contributed by atoms with E-state index in [4.69, 9.17) is 40.2 Å². The van der Waals surface area contributed by atoms with E-state index in [0.717, 1.165) is 7.11 Å². The van der Waals surface area contributed by atoms with Crippen molar-refractivity contribution < 1.29 is 51.1 Å². The molecule has 3 aromatic rings. The van der Waals surface area contributed by atoms with Crippen LogP contribution in [-0.2, 0) is 32.2 Å². The van der Waals surface area contributed by atoms with Gasteiger partial charge in [-0.15, -0.1) is 0 Å². The minimum Gasteiger partial charge on any atom is -0.462 e. The lowest BCUT2D eigenvalue weighted by Gasteiger charge is -2.29. The van der Waals surface area contributed by atoms with Gasteiger partial charge in [-0.2, -0.15) is 19.4 Å². The Morgan fingerprint density at radius 1 is 1.18 bits per heavy atom. The van der Waals surface area contributed by atoms with E-state index in [9.17, 15) is 23.9 Å². The van der Waals surface area contributed by atoms with E-state index in [-0.39, 0.29) is 28.0 Å². The van der Waals surface area contributed by atoms with Crippen LogP contribution in [0.2, 0.25) is 5.28 Å². The third-order valence-electron chi connectivity index (χ3n) is 5.97. The molecule has 0 amide bonds. The molecule has 0 saturated carbocycles. The molecular formula is C24H34ClFN6O10P2. The Morgan fingerprint density at radius 2 is 1.84 bits per heavy atom. The summed E-state index contributed by atoms with van der Waals surface area (Å²) in [5.41, 5.74) is 6.06. The molecule has 1 aromatic carbocycles. The molecule has 0 aliphatic rings. The summed E-state index contributed by atoms with van der Waals surface area (Å²) in [6, 6.07) is 5.04. The SMILES string of the molecule is COC(COP(=O)(O)OP(=O)(N[C@@H](C)C(=O)OC(C)C)Oc1ccccc1)C(O)C(F)C(C)n1cnc2c(N)nc(Cl)nc21. The fourth-order valence-electron chi connectivity index (χ4n) is 3.80. The number of hydrogen-bond acceptors (Lipinski definition) is 13. The highest BCUT2D eigenvalue weighted by atomic mass is 35.5. The van der Waals surface area contributed by atoms with E-state index in [1.54, 1.807) is 19.9 Å². The molecule has 0 aliphatic heterocycles. The number of alkyl halides is 1. The van der Waals surface area contributed by atoms with Gasteiger partial charge in [0.05, 0.1) is 25.1 Å². The molecule has 44 heavy (non-hydrogen) atoms. The lowest BCUT2D eigenvalue weighted by atomic mass is 10.0. The van der Waals surface area contributed by atoms with Crippen molar-refractivity contribution in [1.82, 2.24) is 24.6 Å². The number of aromatic nitrogens is 4. The van der Waals surface area contributed by atoms with Crippen LogP contribution in [0, 0.1) is 0 Å². The van der Waals surface area contributed by atoms with Crippen LogP contribution < -0.4 is 15.3 Å². The van der Waals surface area contributed by atoms with Gasteiger partial charge in [-0.1, -0.05) is 18.2 Å². The van der Waals surface area contributed by atoms with Gasteiger partial charge < -0.3 is 34.3 Å². The number of imidazole rings is 1. The number of halogens is 2. The Kier molecular flexibility index (Phi) is 12.2. The van der Waals surface area contributed by atoms with Gasteiger partial charge in [0.25, 0.3) is 0 Å². The summed E-state index contributed by atoms with van der Waals surface area (Å²) >= 11 is 5.87. The van der Waals surface area contributed by atoms with Crippen LogP contribution >= 0.6 is 27.2 Å². The number of benzene rings is 1. The number of nitrogens with zero attached hydrogens (tertiary/aromatic N) is 4. The van der Waals surface area contributed by atoms with Crippen LogP contribution in [0.3, 0.4) is 0 Å². The predicted octanol–water partition coefficient (Wildman–Crippen LogP) is 3.59. The van der Waals surface area contributed by atoms with Crippen molar-refractivity contribution in [3.63, 3.8) is 0 Å². The van der Waals surface area contributed by atoms with Crippen molar-refractivity contribution in [3.8, 4) is 5.75 Å². The third kappa shape index (κ3) is 9.39. The maximum Gasteiger partial charge on any atom is 0.481 e. The number of phosphoric ester groups is 1. The molecule has 0 saturated heterocycles. The summed E-state index contributed by atoms with van der Waals surface area (Å²) in [5, 5.41) is 12.8. The number of rotatable bonds is 16. The Bertz CT molecular complexity index is 1520. The van der Waals surface area contributed by atoms with Crippen LogP contribution in [0.25, 0.3) is 11.2 Å². The fourth-order valence-corrected chi connectivity index (χ4v) is 6.93. The number of fused-ring (bicyclic) bond motifs is 1. The number of methoxy groups -OCH3 is 1. The van der Waals surface area contributed by atoms with E-state index < -0.39 is 64.7 Å². The predicted molar refractivity (Wildman–Crippen MR) is 157 cm³/mol. The molecule has 6 unspecified atom stereocenters. The number of esters is 1. The van der Waals surface area contributed by atoms with Gasteiger partial charge in [-0.05, 0) is 51.4 Å². The zero-order valence-corrected chi connectivity index (χ0v) is 26.9. The van der Waals surface area contributed by atoms with Crippen LogP contribution in [0.1, 0.15) is 33.7 Å². The molecule has 0 spiro atoms. The van der Waals surface area contributed by atoms with E-state index in [1.807, 2.05) is 0 Å². The molecule has 244 valence electrons. The molecular weight excluding hydrogens is 649 g/mol. The topological polar surface area (TPSA) is 219 Å². The first-order valence-corrected chi connectivity index (χ1v) is 16.5. The fraction of sp³-hybridized carbons (Fsp3) is 0.500. The number of phosphoric acid groups is 1. The van der Waals surface area contributed by atoms with E-state index in [0.29, 0.717) is 0 Å². The number of aliphatic hydroxyl groups is 1. The molecule has 16 nitrogen and oxygen atoms in total. The number of para-hydroxylation sites is 1. The van der Waals surface area contributed by atoms with Gasteiger partial charge in [0, 0.05) is 7.11 Å². The van der Waals surface area contributed by atoms with Crippen molar-refractivity contribution in [2.24, 2.45) is 0 Å². The molecule has 3 rings (SSSR count). The van der Waals surface area contributed by atoms with Crippen LogP contribution in [-0.4, -0.2) is 79.7 Å². The quantitative estimate of drug-likeness (QED) is 0.0963. The highest BCUT2D eigenvalue weighted by molar-refractivity contribution is 7.63. The number of nitrogen functional groups attached to an aromatic ring is 1. The maximum absolute atomic E-state index is 15.5. The summed E-state index contributed by atoms with van der Waals surface area (Å²) in [7, 11) is -9.01. The highest BCUT2D eigenvalue weighted by Crippen LogP contribution is 2.60. The van der Waals surface area contributed by atoms with Gasteiger partial charge >= 0.3 is 21.5 Å². The average Bonchev–Trinajstić information content (AvgIpc) is 3.36. The monoisotopic (exact) mass is 682 g/mol. The summed E-state index contributed by atoms with van der Waals surface area (Å²) in [6.45, 7) is 4.97. The first-order chi connectivity index (χ1) is 20.6. The highest BCUT2D eigenvalue weighted by Gasteiger charge is 2.42. The Hall–Kier alpha value is -2.72. The van der Waals surface area contributed by atoms with Gasteiger partial charge in [0.15, 0.2) is 11.5 Å². The second-order valence-corrected chi connectivity index (χ2v) is 13.4. The molecule has 0 fully saturated rings. The van der Waals surface area contributed by atoms with Crippen molar-refractivity contribution in [2.75, 3.05) is 19.5 Å². The Morgan fingerprint density at radius 3 is 2.45 bits per heavy atom. The van der Waals surface area contributed by atoms with Crippen molar-refractivity contribution in [3.05, 3.63) is 41.9 Å². The molecule has 0 radical (unpaired) electrons. The average molecular weight is 683 g/mol. The largest absolute Gasteiger partial charge is 0.481 e. The standard InChI is InChI=1S/C24H34ClFN6O10P2/c1-13(2)40-23(34)14(3)31-43(35,41-16-9-7-6-8-10-16)42-44(36,37)39-11-17(38-5)20(33)18(26)15(4)32-12-28-19-21(27)29-24(25)30-22(19)32/h6-10,12-15,17-18,20,33H,11H2,1-5H3,(H,31,35)(H,36,37)(H2,27,29,30)/t14-,15?,17?,18?,20?,43?/m0/s1. The molecule has 2 heterocycles. The van der Waals surface area contributed by atoms with Crippen LogP contribution in [0.5, 0.6) is 5.75 Å². The molecule has 7 atom stereocenters. The number of carbonyl (C=O) groups excluding carboxylic acids is 1. The molecule has 2 aromatic heterocycles. The lowest BCUT2D eigenvalue weighted by molar-refractivity contribution is -0.149. The molecule has 5 N–H and O–H groups in total. The summed E-state index contributed by atoms with van der Waals surface area (Å²) < 4.78 is 68.6. The normalized spacial score (nSPS) is 18.1. The molecule has 0 bridgehead atoms. The first-order valence-electron chi connectivity index (χ1n) is 13.1. The molecule has 20 heteroatoms. The number of hydrogen-bond donors (Lipinski definition) is 4.